The minimum absolute atomic E-state index is 0.166. The third kappa shape index (κ3) is 2.58. The van der Waals surface area contributed by atoms with Gasteiger partial charge in [0.1, 0.15) is 5.82 Å². The smallest absolute Gasteiger partial charge is 0.235 e. The van der Waals surface area contributed by atoms with Crippen molar-refractivity contribution in [2.24, 2.45) is 0 Å². The molecule has 1 aliphatic rings. The Morgan fingerprint density at radius 3 is 2.67 bits per heavy atom. The third-order valence-electron chi connectivity index (χ3n) is 3.56. The number of anilines is 2. The van der Waals surface area contributed by atoms with E-state index >= 15 is 0 Å². The summed E-state index contributed by atoms with van der Waals surface area (Å²) in [6.45, 7) is 0.477. The van der Waals surface area contributed by atoms with Gasteiger partial charge in [-0.25, -0.2) is 12.8 Å². The van der Waals surface area contributed by atoms with Gasteiger partial charge in [0.25, 0.3) is 0 Å². The van der Waals surface area contributed by atoms with Gasteiger partial charge in [0.2, 0.25) is 10.0 Å². The Morgan fingerprint density at radius 1 is 1.14 bits per heavy atom. The predicted octanol–water partition coefficient (Wildman–Crippen LogP) is 2.61. The summed E-state index contributed by atoms with van der Waals surface area (Å²) in [4.78, 5) is 0. The van der Waals surface area contributed by atoms with Crippen molar-refractivity contribution in [1.82, 2.24) is 0 Å². The molecule has 4 nitrogen and oxygen atoms in total. The number of halogens is 1. The maximum Gasteiger partial charge on any atom is 0.235 e. The van der Waals surface area contributed by atoms with Crippen molar-refractivity contribution in [3.8, 4) is 11.1 Å². The van der Waals surface area contributed by atoms with E-state index in [9.17, 15) is 12.8 Å². The fourth-order valence-corrected chi connectivity index (χ4v) is 4.09. The lowest BCUT2D eigenvalue weighted by Crippen LogP contribution is -2.24. The Labute approximate surface area is 123 Å². The van der Waals surface area contributed by atoms with Crippen molar-refractivity contribution < 1.29 is 12.8 Å². The van der Waals surface area contributed by atoms with Gasteiger partial charge in [-0.05, 0) is 42.3 Å². The van der Waals surface area contributed by atoms with Crippen LogP contribution in [0.3, 0.4) is 0 Å². The topological polar surface area (TPSA) is 63.4 Å². The predicted molar refractivity (Wildman–Crippen MR) is 82.0 cm³/mol. The molecule has 1 aliphatic heterocycles. The van der Waals surface area contributed by atoms with Crippen molar-refractivity contribution >= 4 is 21.4 Å². The zero-order chi connectivity index (χ0) is 15.0. The molecule has 21 heavy (non-hydrogen) atoms. The summed E-state index contributed by atoms with van der Waals surface area (Å²) in [5, 5.41) is 0. The molecule has 0 atom stereocenters. The van der Waals surface area contributed by atoms with Crippen molar-refractivity contribution in [2.75, 3.05) is 22.3 Å². The van der Waals surface area contributed by atoms with Gasteiger partial charge in [0, 0.05) is 17.8 Å². The number of nitrogens with zero attached hydrogens (tertiary/aromatic N) is 1. The van der Waals surface area contributed by atoms with Gasteiger partial charge in [0.05, 0.1) is 11.4 Å². The molecule has 0 amide bonds. The van der Waals surface area contributed by atoms with Gasteiger partial charge in [-0.1, -0.05) is 12.1 Å². The van der Waals surface area contributed by atoms with Crippen molar-refractivity contribution in [1.29, 1.82) is 0 Å². The SMILES string of the molecule is Nc1ccc(F)cc1-c1cccc(N2CCCS2(=O)=O)c1. The fourth-order valence-electron chi connectivity index (χ4n) is 2.54. The number of rotatable bonds is 2. The maximum absolute atomic E-state index is 13.4. The summed E-state index contributed by atoms with van der Waals surface area (Å²) in [7, 11) is -3.23. The highest BCUT2D eigenvalue weighted by Crippen LogP contribution is 2.31. The van der Waals surface area contributed by atoms with Crippen LogP contribution in [-0.2, 0) is 10.0 Å². The highest BCUT2D eigenvalue weighted by Gasteiger charge is 2.28. The summed E-state index contributed by atoms with van der Waals surface area (Å²) < 4.78 is 38.7. The number of nitrogens with two attached hydrogens (primary N) is 1. The quantitative estimate of drug-likeness (QED) is 0.868. The lowest BCUT2D eigenvalue weighted by atomic mass is 10.0. The first-order chi connectivity index (χ1) is 9.97. The molecule has 0 saturated carbocycles. The number of sulfonamides is 1. The summed E-state index contributed by atoms with van der Waals surface area (Å²) >= 11 is 0. The normalized spacial score (nSPS) is 17.1. The largest absolute Gasteiger partial charge is 0.398 e. The molecule has 1 heterocycles. The maximum atomic E-state index is 13.4. The molecule has 2 N–H and O–H groups in total. The van der Waals surface area contributed by atoms with Crippen LogP contribution in [0.1, 0.15) is 6.42 Å². The van der Waals surface area contributed by atoms with Gasteiger partial charge in [-0.3, -0.25) is 4.31 Å². The third-order valence-corrected chi connectivity index (χ3v) is 5.43. The Morgan fingerprint density at radius 2 is 1.95 bits per heavy atom. The van der Waals surface area contributed by atoms with E-state index in [1.165, 1.54) is 22.5 Å². The number of nitrogen functional groups attached to an aromatic ring is 1. The molecule has 0 radical (unpaired) electrons. The van der Waals surface area contributed by atoms with Crippen molar-refractivity contribution in [2.45, 2.75) is 6.42 Å². The van der Waals surface area contributed by atoms with Crippen LogP contribution in [0.15, 0.2) is 42.5 Å². The molecule has 0 aliphatic carbocycles. The van der Waals surface area contributed by atoms with Crippen LogP contribution >= 0.6 is 0 Å². The Kier molecular flexibility index (Phi) is 3.33. The molecule has 0 bridgehead atoms. The molecule has 1 fully saturated rings. The molecule has 6 heteroatoms. The van der Waals surface area contributed by atoms with Crippen LogP contribution in [0.2, 0.25) is 0 Å². The molecular weight excluding hydrogens is 291 g/mol. The van der Waals surface area contributed by atoms with Crippen LogP contribution in [0.5, 0.6) is 0 Å². The highest BCUT2D eigenvalue weighted by atomic mass is 32.2. The van der Waals surface area contributed by atoms with E-state index in [2.05, 4.69) is 0 Å². The minimum atomic E-state index is -3.23. The molecular formula is C15H15FN2O2S. The first-order valence-corrected chi connectivity index (χ1v) is 8.24. The van der Waals surface area contributed by atoms with Crippen molar-refractivity contribution in [3.63, 3.8) is 0 Å². The lowest BCUT2D eigenvalue weighted by Gasteiger charge is -2.18. The van der Waals surface area contributed by atoms with E-state index in [-0.39, 0.29) is 11.6 Å². The van der Waals surface area contributed by atoms with E-state index in [1.807, 2.05) is 0 Å². The average molecular weight is 306 g/mol. The molecule has 2 aromatic carbocycles. The lowest BCUT2D eigenvalue weighted by molar-refractivity contribution is 0.599. The second kappa shape index (κ2) is 5.04. The van der Waals surface area contributed by atoms with E-state index in [1.54, 1.807) is 24.3 Å². The van der Waals surface area contributed by atoms with Gasteiger partial charge < -0.3 is 5.73 Å². The van der Waals surface area contributed by atoms with Crippen LogP contribution in [-0.4, -0.2) is 20.7 Å². The molecule has 110 valence electrons. The molecule has 1 saturated heterocycles. The summed E-state index contributed by atoms with van der Waals surface area (Å²) in [5.41, 5.74) is 8.19. The number of hydrogen-bond donors (Lipinski definition) is 1. The van der Waals surface area contributed by atoms with E-state index in [0.717, 1.165) is 0 Å². The Bertz CT molecular complexity index is 790. The summed E-state index contributed by atoms with van der Waals surface area (Å²) in [6, 6.07) is 11.2. The van der Waals surface area contributed by atoms with Crippen LogP contribution in [0.4, 0.5) is 15.8 Å². The van der Waals surface area contributed by atoms with Gasteiger partial charge in [0.15, 0.2) is 0 Å². The van der Waals surface area contributed by atoms with E-state index in [4.69, 9.17) is 5.73 Å². The zero-order valence-corrected chi connectivity index (χ0v) is 12.1. The molecule has 2 aromatic rings. The van der Waals surface area contributed by atoms with Crippen LogP contribution in [0, 0.1) is 5.82 Å². The highest BCUT2D eigenvalue weighted by molar-refractivity contribution is 7.93. The van der Waals surface area contributed by atoms with Gasteiger partial charge in [-0.15, -0.1) is 0 Å². The standard InChI is InChI=1S/C15H15FN2O2S/c16-12-5-6-15(17)14(10-12)11-3-1-4-13(9-11)18-7-2-8-21(18,19)20/h1,3-6,9-10H,2,7-8,17H2. The number of benzene rings is 2. The minimum Gasteiger partial charge on any atom is -0.398 e. The van der Waals surface area contributed by atoms with Crippen LogP contribution < -0.4 is 10.0 Å². The fraction of sp³-hybridized carbons (Fsp3) is 0.200. The summed E-state index contributed by atoms with van der Waals surface area (Å²) in [6.07, 6.45) is 0.620. The summed E-state index contributed by atoms with van der Waals surface area (Å²) in [5.74, 6) is -0.210. The molecule has 3 rings (SSSR count). The van der Waals surface area contributed by atoms with Gasteiger partial charge in [-0.2, -0.15) is 0 Å². The average Bonchev–Trinajstić information content (AvgIpc) is 2.81. The first kappa shape index (κ1) is 13.9. The van der Waals surface area contributed by atoms with Gasteiger partial charge >= 0.3 is 0 Å². The zero-order valence-electron chi connectivity index (χ0n) is 11.3. The molecule has 0 aromatic heterocycles. The monoisotopic (exact) mass is 306 g/mol. The Hall–Kier alpha value is -2.08. The van der Waals surface area contributed by atoms with E-state index < -0.39 is 10.0 Å². The second-order valence-corrected chi connectivity index (χ2v) is 7.04. The number of hydrogen-bond acceptors (Lipinski definition) is 3. The van der Waals surface area contributed by atoms with Crippen molar-refractivity contribution in [3.05, 3.63) is 48.3 Å². The van der Waals surface area contributed by atoms with E-state index in [0.29, 0.717) is 35.5 Å². The Balaban J connectivity index is 2.07. The molecule has 0 unspecified atom stereocenters. The molecule has 0 spiro atoms. The first-order valence-electron chi connectivity index (χ1n) is 6.63. The van der Waals surface area contributed by atoms with Crippen LogP contribution in [0.25, 0.3) is 11.1 Å². The second-order valence-electron chi connectivity index (χ2n) is 5.02.